The van der Waals surface area contributed by atoms with Gasteiger partial charge in [0, 0.05) is 11.3 Å². The molecule has 0 heterocycles. The van der Waals surface area contributed by atoms with Crippen LogP contribution in [0.5, 0.6) is 0 Å². The summed E-state index contributed by atoms with van der Waals surface area (Å²) in [5, 5.41) is 8.75. The first-order valence-electron chi connectivity index (χ1n) is 5.28. The van der Waals surface area contributed by atoms with Crippen LogP contribution in [0.1, 0.15) is 26.2 Å². The van der Waals surface area contributed by atoms with Gasteiger partial charge in [-0.05, 0) is 18.6 Å². The van der Waals surface area contributed by atoms with Crippen LogP contribution in [-0.4, -0.2) is 42.3 Å². The lowest BCUT2D eigenvalue weighted by Gasteiger charge is -2.19. The minimum absolute atomic E-state index is 0.103. The van der Waals surface area contributed by atoms with Gasteiger partial charge in [-0.1, -0.05) is 13.3 Å². The first kappa shape index (κ1) is 13.8. The van der Waals surface area contributed by atoms with E-state index in [0.29, 0.717) is 0 Å². The summed E-state index contributed by atoms with van der Waals surface area (Å²) in [4.78, 5) is 10.4. The quantitative estimate of drug-likeness (QED) is 0.739. The van der Waals surface area contributed by atoms with Gasteiger partial charge < -0.3 is 5.11 Å². The van der Waals surface area contributed by atoms with Crippen molar-refractivity contribution in [3.63, 3.8) is 0 Å². The van der Waals surface area contributed by atoms with Crippen LogP contribution in [-0.2, 0) is 14.8 Å². The van der Waals surface area contributed by atoms with Gasteiger partial charge in [-0.3, -0.25) is 4.79 Å². The van der Waals surface area contributed by atoms with E-state index in [0.717, 1.165) is 25.0 Å². The zero-order chi connectivity index (χ0) is 12.2. The lowest BCUT2D eigenvalue weighted by Crippen LogP contribution is -2.41. The number of carboxylic acid groups (broad SMARTS) is 1. The summed E-state index contributed by atoms with van der Waals surface area (Å²) >= 11 is 1.73. The molecule has 0 aromatic carbocycles. The predicted molar refractivity (Wildman–Crippen MR) is 64.1 cm³/mol. The first-order valence-corrected chi connectivity index (χ1v) is 7.98. The van der Waals surface area contributed by atoms with Crippen LogP contribution in [0.25, 0.3) is 0 Å². The second-order valence-electron chi connectivity index (χ2n) is 3.80. The number of thioether (sulfide) groups is 1. The van der Waals surface area contributed by atoms with Crippen molar-refractivity contribution in [3.05, 3.63) is 0 Å². The second-order valence-corrected chi connectivity index (χ2v) is 7.07. The van der Waals surface area contributed by atoms with E-state index in [1.165, 1.54) is 0 Å². The van der Waals surface area contributed by atoms with Gasteiger partial charge in [-0.25, -0.2) is 13.1 Å². The van der Waals surface area contributed by atoms with Gasteiger partial charge in [-0.15, -0.1) is 0 Å². The molecule has 0 spiro atoms. The van der Waals surface area contributed by atoms with Gasteiger partial charge >= 0.3 is 5.97 Å². The van der Waals surface area contributed by atoms with Crippen molar-refractivity contribution in [1.82, 2.24) is 4.72 Å². The minimum Gasteiger partial charge on any atom is -0.480 e. The number of nitrogens with one attached hydrogen (secondary N) is 1. The highest BCUT2D eigenvalue weighted by Crippen LogP contribution is 2.30. The zero-order valence-electron chi connectivity index (χ0n) is 9.18. The van der Waals surface area contributed by atoms with Crippen LogP contribution in [0.4, 0.5) is 0 Å². The Morgan fingerprint density at radius 2 is 2.19 bits per heavy atom. The number of aliphatic carboxylic acids is 1. The molecule has 0 bridgehead atoms. The fourth-order valence-electron chi connectivity index (χ4n) is 1.91. The third-order valence-corrected chi connectivity index (χ3v) is 5.09. The summed E-state index contributed by atoms with van der Waals surface area (Å²) < 4.78 is 25.4. The average molecular weight is 267 g/mol. The molecule has 0 aromatic rings. The highest BCUT2D eigenvalue weighted by molar-refractivity contribution is 8.00. The fourth-order valence-corrected chi connectivity index (χ4v) is 4.35. The molecular formula is C9H17NO4S2. The number of sulfonamides is 1. The smallest absolute Gasteiger partial charge is 0.320 e. The molecule has 2 N–H and O–H groups in total. The van der Waals surface area contributed by atoms with Crippen molar-refractivity contribution < 1.29 is 18.3 Å². The zero-order valence-corrected chi connectivity index (χ0v) is 10.8. The van der Waals surface area contributed by atoms with Crippen molar-refractivity contribution >= 4 is 27.8 Å². The van der Waals surface area contributed by atoms with Crippen molar-refractivity contribution in [2.45, 2.75) is 37.5 Å². The molecular weight excluding hydrogens is 250 g/mol. The number of hydrogen-bond acceptors (Lipinski definition) is 4. The van der Waals surface area contributed by atoms with Crippen LogP contribution < -0.4 is 4.72 Å². The number of carboxylic acids is 1. The molecule has 2 atom stereocenters. The summed E-state index contributed by atoms with van der Waals surface area (Å²) in [6.07, 6.45) is 2.80. The highest BCUT2D eigenvalue weighted by atomic mass is 32.2. The Morgan fingerprint density at radius 1 is 1.50 bits per heavy atom. The standard InChI is InChI=1S/C9H17NO4S2/c1-2-15-8-5-3-4-7(8)10-16(13,14)6-9(11)12/h7-8,10H,2-6H2,1H3,(H,11,12). The Hall–Kier alpha value is -0.270. The molecule has 5 nitrogen and oxygen atoms in total. The van der Waals surface area contributed by atoms with Crippen LogP contribution in [0, 0.1) is 0 Å². The summed E-state index contributed by atoms with van der Waals surface area (Å²) in [5.41, 5.74) is 0. The molecule has 94 valence electrons. The van der Waals surface area contributed by atoms with E-state index in [9.17, 15) is 13.2 Å². The van der Waals surface area contributed by atoms with E-state index in [2.05, 4.69) is 4.72 Å². The van der Waals surface area contributed by atoms with E-state index in [1.807, 2.05) is 6.92 Å². The number of rotatable bonds is 6. The van der Waals surface area contributed by atoms with Gasteiger partial charge in [0.1, 0.15) is 0 Å². The molecule has 1 fully saturated rings. The fraction of sp³-hybridized carbons (Fsp3) is 0.889. The molecule has 2 unspecified atom stereocenters. The third-order valence-electron chi connectivity index (χ3n) is 2.48. The van der Waals surface area contributed by atoms with Crippen LogP contribution in [0.15, 0.2) is 0 Å². The Bertz CT molecular complexity index is 341. The van der Waals surface area contributed by atoms with E-state index >= 15 is 0 Å². The number of carbonyl (C=O) groups is 1. The summed E-state index contributed by atoms with van der Waals surface area (Å²) in [7, 11) is -3.68. The Kier molecular flexibility index (Phi) is 5.07. The van der Waals surface area contributed by atoms with Crippen molar-refractivity contribution in [2.24, 2.45) is 0 Å². The highest BCUT2D eigenvalue weighted by Gasteiger charge is 2.31. The van der Waals surface area contributed by atoms with Gasteiger partial charge in [0.05, 0.1) is 0 Å². The van der Waals surface area contributed by atoms with Crippen molar-refractivity contribution in [1.29, 1.82) is 0 Å². The molecule has 0 amide bonds. The SMILES string of the molecule is CCSC1CCCC1NS(=O)(=O)CC(=O)O. The predicted octanol–water partition coefficient (Wildman–Crippen LogP) is 0.665. The summed E-state index contributed by atoms with van der Waals surface area (Å²) in [5.74, 6) is -1.21. The topological polar surface area (TPSA) is 83.5 Å². The Morgan fingerprint density at radius 3 is 2.75 bits per heavy atom. The van der Waals surface area contributed by atoms with Crippen molar-refractivity contribution in [3.8, 4) is 0 Å². The maximum Gasteiger partial charge on any atom is 0.320 e. The van der Waals surface area contributed by atoms with Crippen molar-refractivity contribution in [2.75, 3.05) is 11.5 Å². The molecule has 0 aliphatic heterocycles. The van der Waals surface area contributed by atoms with Gasteiger partial charge in [-0.2, -0.15) is 11.8 Å². The molecule has 1 saturated carbocycles. The molecule has 1 rings (SSSR count). The lowest BCUT2D eigenvalue weighted by atomic mass is 10.3. The Labute approximate surface area is 100 Å². The maximum atomic E-state index is 11.4. The van der Waals surface area contributed by atoms with E-state index in [4.69, 9.17) is 5.11 Å². The molecule has 0 saturated heterocycles. The molecule has 1 aliphatic rings. The molecule has 7 heteroatoms. The van der Waals surface area contributed by atoms with Crippen LogP contribution in [0.2, 0.25) is 0 Å². The molecule has 1 aliphatic carbocycles. The van der Waals surface area contributed by atoms with E-state index < -0.39 is 21.7 Å². The van der Waals surface area contributed by atoms with Crippen LogP contribution >= 0.6 is 11.8 Å². The van der Waals surface area contributed by atoms with E-state index in [1.54, 1.807) is 11.8 Å². The second kappa shape index (κ2) is 5.88. The molecule has 0 aromatic heterocycles. The van der Waals surface area contributed by atoms with Gasteiger partial charge in [0.25, 0.3) is 0 Å². The maximum absolute atomic E-state index is 11.4. The summed E-state index contributed by atoms with van der Waals surface area (Å²) in [6.45, 7) is 2.03. The first-order chi connectivity index (χ1) is 7.44. The largest absolute Gasteiger partial charge is 0.480 e. The monoisotopic (exact) mass is 267 g/mol. The summed E-state index contributed by atoms with van der Waals surface area (Å²) in [6, 6.07) is -0.103. The molecule has 16 heavy (non-hydrogen) atoms. The Balaban J connectivity index is 2.55. The van der Waals surface area contributed by atoms with Gasteiger partial charge in [0.15, 0.2) is 5.75 Å². The lowest BCUT2D eigenvalue weighted by molar-refractivity contribution is -0.134. The van der Waals surface area contributed by atoms with Gasteiger partial charge in [0.2, 0.25) is 10.0 Å². The average Bonchev–Trinajstić information content (AvgIpc) is 2.50. The number of hydrogen-bond donors (Lipinski definition) is 2. The molecule has 0 radical (unpaired) electrons. The normalized spacial score (nSPS) is 25.8. The minimum atomic E-state index is -3.68. The third kappa shape index (κ3) is 4.31. The van der Waals surface area contributed by atoms with E-state index in [-0.39, 0.29) is 11.3 Å². The van der Waals surface area contributed by atoms with Crippen LogP contribution in [0.3, 0.4) is 0 Å².